The molecule has 0 spiro atoms. The van der Waals surface area contributed by atoms with Crippen molar-refractivity contribution in [3.8, 4) is 11.4 Å². The number of nitrogens with one attached hydrogen (secondary N) is 1. The van der Waals surface area contributed by atoms with Crippen molar-refractivity contribution in [3.63, 3.8) is 0 Å². The van der Waals surface area contributed by atoms with Crippen molar-refractivity contribution in [2.24, 2.45) is 5.10 Å². The second-order valence-electron chi connectivity index (χ2n) is 6.62. The molecule has 0 aliphatic rings. The van der Waals surface area contributed by atoms with Gasteiger partial charge in [-0.25, -0.2) is 5.43 Å². The van der Waals surface area contributed by atoms with Crippen LogP contribution in [0, 0.1) is 6.92 Å². The summed E-state index contributed by atoms with van der Waals surface area (Å²) in [6.07, 6.45) is 3.58. The van der Waals surface area contributed by atoms with Gasteiger partial charge in [0.15, 0.2) is 0 Å². The van der Waals surface area contributed by atoms with Crippen molar-refractivity contribution in [1.29, 1.82) is 0 Å². The van der Waals surface area contributed by atoms with Crippen LogP contribution in [0.2, 0.25) is 0 Å². The summed E-state index contributed by atoms with van der Waals surface area (Å²) in [7, 11) is 5.56. The smallest absolute Gasteiger partial charge is 0.275 e. The second-order valence-corrected chi connectivity index (χ2v) is 6.62. The molecule has 28 heavy (non-hydrogen) atoms. The molecule has 2 aromatic carbocycles. The highest BCUT2D eigenvalue weighted by molar-refractivity contribution is 5.97. The average molecular weight is 376 g/mol. The molecule has 0 unspecified atom stereocenters. The Labute approximate surface area is 165 Å². The molecule has 3 aromatic rings. The Hall–Kier alpha value is -3.54. The Balaban J connectivity index is 1.74. The first-order chi connectivity index (χ1) is 13.5. The normalized spacial score (nSPS) is 10.9. The van der Waals surface area contributed by atoms with E-state index in [-0.39, 0.29) is 5.91 Å². The first-order valence-electron chi connectivity index (χ1n) is 8.93. The van der Waals surface area contributed by atoms with Crippen LogP contribution < -0.4 is 15.1 Å². The predicted molar refractivity (Wildman–Crippen MR) is 113 cm³/mol. The number of carbonyl (C=O) groups excluding carboxylic acids is 1. The van der Waals surface area contributed by atoms with Crippen LogP contribution in [0.3, 0.4) is 0 Å². The van der Waals surface area contributed by atoms with E-state index in [0.29, 0.717) is 11.3 Å². The van der Waals surface area contributed by atoms with Gasteiger partial charge in [-0.05, 0) is 61.0 Å². The highest BCUT2D eigenvalue weighted by Crippen LogP contribution is 2.20. The molecular weight excluding hydrogens is 352 g/mol. The molecule has 0 fully saturated rings. The van der Waals surface area contributed by atoms with Gasteiger partial charge in [-0.1, -0.05) is 6.07 Å². The molecule has 1 amide bonds. The summed E-state index contributed by atoms with van der Waals surface area (Å²) in [5.41, 5.74) is 7.03. The van der Waals surface area contributed by atoms with Crippen molar-refractivity contribution in [2.45, 2.75) is 6.92 Å². The number of aromatic nitrogens is 1. The summed E-state index contributed by atoms with van der Waals surface area (Å²) in [5, 5.41) is 4.11. The largest absolute Gasteiger partial charge is 0.496 e. The van der Waals surface area contributed by atoms with Gasteiger partial charge in [0.05, 0.1) is 24.6 Å². The minimum atomic E-state index is -0.318. The number of hydrazone groups is 1. The topological polar surface area (TPSA) is 58.9 Å². The lowest BCUT2D eigenvalue weighted by Crippen LogP contribution is -2.18. The molecule has 1 N–H and O–H groups in total. The van der Waals surface area contributed by atoms with Crippen LogP contribution in [0.1, 0.15) is 21.6 Å². The van der Waals surface area contributed by atoms with Crippen LogP contribution in [0.25, 0.3) is 5.69 Å². The van der Waals surface area contributed by atoms with E-state index in [1.54, 1.807) is 19.4 Å². The van der Waals surface area contributed by atoms with E-state index in [0.717, 1.165) is 22.6 Å². The lowest BCUT2D eigenvalue weighted by atomic mass is 10.1. The van der Waals surface area contributed by atoms with E-state index >= 15 is 0 Å². The Bertz CT molecular complexity index is 988. The van der Waals surface area contributed by atoms with Gasteiger partial charge >= 0.3 is 0 Å². The molecule has 0 atom stereocenters. The molecule has 0 saturated heterocycles. The van der Waals surface area contributed by atoms with Gasteiger partial charge in [-0.15, -0.1) is 0 Å². The number of aryl methyl sites for hydroxylation is 1. The van der Waals surface area contributed by atoms with Crippen molar-refractivity contribution in [3.05, 3.63) is 77.6 Å². The summed E-state index contributed by atoms with van der Waals surface area (Å²) >= 11 is 0. The van der Waals surface area contributed by atoms with E-state index in [1.807, 2.05) is 68.2 Å². The Morgan fingerprint density at radius 2 is 1.89 bits per heavy atom. The molecule has 3 rings (SSSR count). The maximum Gasteiger partial charge on any atom is 0.275 e. The first-order valence-corrected chi connectivity index (χ1v) is 8.93. The zero-order valence-corrected chi connectivity index (χ0v) is 16.5. The van der Waals surface area contributed by atoms with Crippen LogP contribution in [0.15, 0.2) is 65.9 Å². The summed E-state index contributed by atoms with van der Waals surface area (Å²) < 4.78 is 7.28. The van der Waals surface area contributed by atoms with Crippen LogP contribution in [-0.2, 0) is 0 Å². The van der Waals surface area contributed by atoms with E-state index in [9.17, 15) is 4.79 Å². The van der Waals surface area contributed by atoms with Crippen LogP contribution in [0.5, 0.6) is 5.75 Å². The fraction of sp³-hybridized carbons (Fsp3) is 0.182. The molecule has 0 aliphatic carbocycles. The first kappa shape index (κ1) is 19.2. The number of nitrogens with zero attached hydrogens (tertiary/aromatic N) is 3. The summed E-state index contributed by atoms with van der Waals surface area (Å²) in [6.45, 7) is 1.95. The van der Waals surface area contributed by atoms with Crippen molar-refractivity contribution >= 4 is 17.8 Å². The molecule has 6 heteroatoms. The van der Waals surface area contributed by atoms with Gasteiger partial charge in [-0.3, -0.25) is 4.79 Å². The quantitative estimate of drug-likeness (QED) is 0.528. The molecule has 1 aromatic heterocycles. The van der Waals surface area contributed by atoms with Gasteiger partial charge in [0.25, 0.3) is 5.91 Å². The molecule has 0 radical (unpaired) electrons. The zero-order valence-electron chi connectivity index (χ0n) is 16.5. The van der Waals surface area contributed by atoms with Crippen molar-refractivity contribution in [1.82, 2.24) is 9.99 Å². The number of amides is 1. The standard InChI is InChI=1S/C22H24N4O2/c1-16-7-12-20(21(14-16)28-4)22(27)24-23-15-19-6-5-13-26(19)18-10-8-17(9-11-18)25(2)3/h5-15H,1-4H3,(H,24,27)/b23-15-. The Morgan fingerprint density at radius 1 is 1.14 bits per heavy atom. The van der Waals surface area contributed by atoms with Gasteiger partial charge in [0.2, 0.25) is 0 Å². The number of anilines is 1. The van der Waals surface area contributed by atoms with Gasteiger partial charge in [0, 0.05) is 31.7 Å². The molecule has 144 valence electrons. The second kappa shape index (κ2) is 8.43. The number of hydrogen-bond acceptors (Lipinski definition) is 4. The highest BCUT2D eigenvalue weighted by atomic mass is 16.5. The fourth-order valence-electron chi connectivity index (χ4n) is 2.85. The molecule has 0 bridgehead atoms. The van der Waals surface area contributed by atoms with Crippen LogP contribution in [0.4, 0.5) is 5.69 Å². The summed E-state index contributed by atoms with van der Waals surface area (Å²) in [6, 6.07) is 17.5. The third-order valence-electron chi connectivity index (χ3n) is 4.39. The van der Waals surface area contributed by atoms with Gasteiger partial charge in [0.1, 0.15) is 5.75 Å². The minimum Gasteiger partial charge on any atom is -0.496 e. The van der Waals surface area contributed by atoms with Gasteiger partial charge < -0.3 is 14.2 Å². The van der Waals surface area contributed by atoms with Crippen LogP contribution in [-0.4, -0.2) is 37.9 Å². The predicted octanol–water partition coefficient (Wildman–Crippen LogP) is 3.62. The molecule has 0 aliphatic heterocycles. The summed E-state index contributed by atoms with van der Waals surface area (Å²) in [4.78, 5) is 14.5. The van der Waals surface area contributed by atoms with Crippen LogP contribution >= 0.6 is 0 Å². The number of benzene rings is 2. The lowest BCUT2D eigenvalue weighted by Gasteiger charge is -2.13. The zero-order chi connectivity index (χ0) is 20.1. The third kappa shape index (κ3) is 4.23. The SMILES string of the molecule is COc1cc(C)ccc1C(=O)N/N=C\c1cccn1-c1ccc(N(C)C)cc1. The molecule has 1 heterocycles. The van der Waals surface area contributed by atoms with Crippen molar-refractivity contribution in [2.75, 3.05) is 26.1 Å². The fourth-order valence-corrected chi connectivity index (χ4v) is 2.85. The lowest BCUT2D eigenvalue weighted by molar-refractivity contribution is 0.0952. The molecule has 6 nitrogen and oxygen atoms in total. The number of ether oxygens (including phenoxy) is 1. The monoisotopic (exact) mass is 376 g/mol. The Kier molecular flexibility index (Phi) is 5.79. The maximum absolute atomic E-state index is 12.4. The Morgan fingerprint density at radius 3 is 2.57 bits per heavy atom. The maximum atomic E-state index is 12.4. The molecular formula is C22H24N4O2. The van der Waals surface area contributed by atoms with Gasteiger partial charge in [-0.2, -0.15) is 5.10 Å². The number of methoxy groups -OCH3 is 1. The number of carbonyl (C=O) groups is 1. The molecule has 0 saturated carbocycles. The van der Waals surface area contributed by atoms with E-state index in [4.69, 9.17) is 4.74 Å². The van der Waals surface area contributed by atoms with E-state index in [1.165, 1.54) is 0 Å². The summed E-state index contributed by atoms with van der Waals surface area (Å²) in [5.74, 6) is 0.207. The number of rotatable bonds is 6. The van der Waals surface area contributed by atoms with E-state index in [2.05, 4.69) is 27.6 Å². The third-order valence-corrected chi connectivity index (χ3v) is 4.39. The van der Waals surface area contributed by atoms with Crippen molar-refractivity contribution < 1.29 is 9.53 Å². The highest BCUT2D eigenvalue weighted by Gasteiger charge is 2.11. The minimum absolute atomic E-state index is 0.318. The number of hydrogen-bond donors (Lipinski definition) is 1. The van der Waals surface area contributed by atoms with E-state index < -0.39 is 0 Å². The average Bonchev–Trinajstić information content (AvgIpc) is 3.16.